The Morgan fingerprint density at radius 3 is 2.60 bits per heavy atom. The van der Waals surface area contributed by atoms with Crippen LogP contribution >= 0.6 is 0 Å². The third kappa shape index (κ3) is 3.24. The molecule has 0 spiro atoms. The molecule has 0 atom stereocenters. The number of carbonyl (C=O) groups is 2. The molecule has 0 fully saturated rings. The zero-order valence-corrected chi connectivity index (χ0v) is 14.5. The van der Waals surface area contributed by atoms with Crippen LogP contribution in [0.15, 0.2) is 42.7 Å². The molecule has 2 aromatic heterocycles. The van der Waals surface area contributed by atoms with Crippen molar-refractivity contribution in [2.45, 2.75) is 27.3 Å². The summed E-state index contributed by atoms with van der Waals surface area (Å²) in [4.78, 5) is 27.3. The van der Waals surface area contributed by atoms with E-state index >= 15 is 0 Å². The summed E-state index contributed by atoms with van der Waals surface area (Å²) in [7, 11) is 0. The predicted octanol–water partition coefficient (Wildman–Crippen LogP) is 2.95. The largest absolute Gasteiger partial charge is 0.355 e. The van der Waals surface area contributed by atoms with Crippen LogP contribution in [0.4, 0.5) is 0 Å². The highest BCUT2D eigenvalue weighted by Crippen LogP contribution is 2.19. The summed E-state index contributed by atoms with van der Waals surface area (Å²) in [5, 5.41) is 7.19. The van der Waals surface area contributed by atoms with Gasteiger partial charge in [-0.1, -0.05) is 18.2 Å². The lowest BCUT2D eigenvalue weighted by Crippen LogP contribution is -2.24. The van der Waals surface area contributed by atoms with Crippen molar-refractivity contribution in [1.82, 2.24) is 20.1 Å². The van der Waals surface area contributed by atoms with Crippen LogP contribution in [0.5, 0.6) is 0 Å². The molecular weight excluding hydrogens is 316 g/mol. The fourth-order valence-electron chi connectivity index (χ4n) is 3.00. The molecule has 0 saturated heterocycles. The van der Waals surface area contributed by atoms with E-state index in [2.05, 4.69) is 15.4 Å². The van der Waals surface area contributed by atoms with Crippen molar-refractivity contribution in [2.75, 3.05) is 0 Å². The van der Waals surface area contributed by atoms with Crippen LogP contribution in [0, 0.1) is 13.8 Å². The van der Waals surface area contributed by atoms with Crippen LogP contribution in [-0.4, -0.2) is 26.5 Å². The molecule has 0 aliphatic heterocycles. The zero-order valence-electron chi connectivity index (χ0n) is 14.5. The Labute approximate surface area is 145 Å². The first-order chi connectivity index (χ1) is 12.0. The molecule has 3 aromatic rings. The number of aromatic nitrogens is 3. The van der Waals surface area contributed by atoms with E-state index < -0.39 is 0 Å². The first kappa shape index (κ1) is 16.7. The highest BCUT2D eigenvalue weighted by Gasteiger charge is 2.20. The number of carbonyl (C=O) groups excluding carboxylic acids is 2. The molecule has 2 N–H and O–H groups in total. The maximum atomic E-state index is 12.6. The summed E-state index contributed by atoms with van der Waals surface area (Å²) < 4.78 is 1.77. The van der Waals surface area contributed by atoms with E-state index in [9.17, 15) is 9.59 Å². The topological polar surface area (TPSA) is 79.8 Å². The van der Waals surface area contributed by atoms with Gasteiger partial charge in [-0.2, -0.15) is 5.10 Å². The minimum atomic E-state index is -0.200. The average Bonchev–Trinajstić information content (AvgIpc) is 3.21. The van der Waals surface area contributed by atoms with Crippen LogP contribution in [-0.2, 0) is 6.54 Å². The fourth-order valence-corrected chi connectivity index (χ4v) is 3.00. The van der Waals surface area contributed by atoms with Gasteiger partial charge in [0.25, 0.3) is 5.91 Å². The molecule has 1 aromatic carbocycles. The molecule has 0 saturated carbocycles. The molecule has 0 aliphatic carbocycles. The molecule has 3 rings (SSSR count). The van der Waals surface area contributed by atoms with Gasteiger partial charge in [0.15, 0.2) is 5.78 Å². The Morgan fingerprint density at radius 1 is 1.20 bits per heavy atom. The fraction of sp³-hybridized carbons (Fsp3) is 0.211. The quantitative estimate of drug-likeness (QED) is 0.703. The number of para-hydroxylation sites is 1. The summed E-state index contributed by atoms with van der Waals surface area (Å²) in [6.07, 6.45) is 3.57. The maximum Gasteiger partial charge on any atom is 0.253 e. The molecule has 0 bridgehead atoms. The van der Waals surface area contributed by atoms with Crippen molar-refractivity contribution in [1.29, 1.82) is 0 Å². The van der Waals surface area contributed by atoms with E-state index in [-0.39, 0.29) is 11.7 Å². The summed E-state index contributed by atoms with van der Waals surface area (Å²) in [6, 6.07) is 9.62. The van der Waals surface area contributed by atoms with Crippen molar-refractivity contribution in [3.8, 4) is 5.69 Å². The third-order valence-electron chi connectivity index (χ3n) is 4.20. The summed E-state index contributed by atoms with van der Waals surface area (Å²) in [6.45, 7) is 5.44. The second-order valence-electron chi connectivity index (χ2n) is 5.94. The lowest BCUT2D eigenvalue weighted by Gasteiger charge is -2.11. The second kappa shape index (κ2) is 6.76. The minimum absolute atomic E-state index is 0.0799. The maximum absolute atomic E-state index is 12.6. The minimum Gasteiger partial charge on any atom is -0.355 e. The van der Waals surface area contributed by atoms with E-state index in [0.717, 1.165) is 11.3 Å². The number of nitrogens with one attached hydrogen (secondary N) is 2. The first-order valence-corrected chi connectivity index (χ1v) is 8.05. The molecule has 1 amide bonds. The molecule has 25 heavy (non-hydrogen) atoms. The van der Waals surface area contributed by atoms with Gasteiger partial charge >= 0.3 is 0 Å². The Balaban J connectivity index is 1.82. The van der Waals surface area contributed by atoms with E-state index in [1.807, 2.05) is 36.5 Å². The summed E-state index contributed by atoms with van der Waals surface area (Å²) in [5.74, 6) is -0.280. The van der Waals surface area contributed by atoms with Crippen LogP contribution < -0.4 is 5.32 Å². The van der Waals surface area contributed by atoms with Gasteiger partial charge in [0, 0.05) is 31.6 Å². The number of rotatable bonds is 5. The van der Waals surface area contributed by atoms with Gasteiger partial charge in [-0.05, 0) is 37.1 Å². The van der Waals surface area contributed by atoms with Gasteiger partial charge in [0.2, 0.25) is 0 Å². The lowest BCUT2D eigenvalue weighted by atomic mass is 10.1. The molecular formula is C19H20N4O2. The van der Waals surface area contributed by atoms with Gasteiger partial charge in [-0.25, -0.2) is 4.68 Å². The van der Waals surface area contributed by atoms with Gasteiger partial charge < -0.3 is 10.3 Å². The molecule has 128 valence electrons. The van der Waals surface area contributed by atoms with Crippen molar-refractivity contribution in [2.24, 2.45) is 0 Å². The van der Waals surface area contributed by atoms with Crippen molar-refractivity contribution in [3.05, 3.63) is 70.8 Å². The van der Waals surface area contributed by atoms with Crippen molar-refractivity contribution < 1.29 is 9.59 Å². The molecule has 0 unspecified atom stereocenters. The van der Waals surface area contributed by atoms with Crippen LogP contribution in [0.3, 0.4) is 0 Å². The van der Waals surface area contributed by atoms with Gasteiger partial charge in [-0.15, -0.1) is 0 Å². The van der Waals surface area contributed by atoms with Crippen LogP contribution in [0.2, 0.25) is 0 Å². The first-order valence-electron chi connectivity index (χ1n) is 8.05. The molecule has 6 heteroatoms. The Kier molecular flexibility index (Phi) is 4.52. The Hall–Kier alpha value is -3.15. The number of nitrogens with zero attached hydrogens (tertiary/aromatic N) is 2. The number of benzene rings is 1. The van der Waals surface area contributed by atoms with E-state index in [0.29, 0.717) is 29.1 Å². The van der Waals surface area contributed by atoms with E-state index in [1.165, 1.54) is 6.92 Å². The third-order valence-corrected chi connectivity index (χ3v) is 4.20. The SMILES string of the molecule is CC(=O)c1[nH]c(C)c(C(=O)NCc2ccccc2-n2cccn2)c1C. The number of hydrogen-bond acceptors (Lipinski definition) is 3. The smallest absolute Gasteiger partial charge is 0.253 e. The number of aromatic amines is 1. The molecule has 2 heterocycles. The van der Waals surface area contributed by atoms with Gasteiger partial charge in [0.05, 0.1) is 16.9 Å². The van der Waals surface area contributed by atoms with Crippen LogP contribution in [0.1, 0.15) is 44.6 Å². The van der Waals surface area contributed by atoms with Crippen molar-refractivity contribution in [3.63, 3.8) is 0 Å². The number of ketones is 1. The number of hydrogen-bond donors (Lipinski definition) is 2. The molecule has 0 radical (unpaired) electrons. The van der Waals surface area contributed by atoms with Crippen LogP contribution in [0.25, 0.3) is 5.69 Å². The van der Waals surface area contributed by atoms with Gasteiger partial charge in [-0.3, -0.25) is 9.59 Å². The highest BCUT2D eigenvalue weighted by atomic mass is 16.1. The lowest BCUT2D eigenvalue weighted by molar-refractivity contribution is 0.0949. The Bertz CT molecular complexity index is 923. The zero-order chi connectivity index (χ0) is 18.0. The second-order valence-corrected chi connectivity index (χ2v) is 5.94. The average molecular weight is 336 g/mol. The standard InChI is InChI=1S/C19H20N4O2/c1-12-17(13(2)22-18(12)14(3)24)19(25)20-11-15-7-4-5-8-16(15)23-10-6-9-21-23/h4-10,22H,11H2,1-3H3,(H,20,25). The number of amides is 1. The van der Waals surface area contributed by atoms with Gasteiger partial charge in [0.1, 0.15) is 0 Å². The monoisotopic (exact) mass is 336 g/mol. The Morgan fingerprint density at radius 2 is 1.96 bits per heavy atom. The molecule has 6 nitrogen and oxygen atoms in total. The summed E-state index contributed by atoms with van der Waals surface area (Å²) in [5.41, 5.74) is 4.27. The van der Waals surface area contributed by atoms with E-state index in [1.54, 1.807) is 24.7 Å². The number of H-pyrrole nitrogens is 1. The normalized spacial score (nSPS) is 10.7. The highest BCUT2D eigenvalue weighted by molar-refractivity contribution is 6.02. The number of Topliss-reactive ketones (excluding diaryl/α,β-unsaturated/α-hetero) is 1. The van der Waals surface area contributed by atoms with E-state index in [4.69, 9.17) is 0 Å². The molecule has 0 aliphatic rings. The summed E-state index contributed by atoms with van der Waals surface area (Å²) >= 11 is 0. The van der Waals surface area contributed by atoms with Crippen molar-refractivity contribution >= 4 is 11.7 Å². The number of aryl methyl sites for hydroxylation is 1. The predicted molar refractivity (Wildman–Crippen MR) is 95.0 cm³/mol.